The molecule has 0 aliphatic carbocycles. The first-order valence-corrected chi connectivity index (χ1v) is 24.7. The smallest absolute Gasteiger partial charge is 0.479 e. The van der Waals surface area contributed by atoms with Gasteiger partial charge in [-0.2, -0.15) is 4.57 Å². The fourth-order valence-electron chi connectivity index (χ4n) is 11.8. The molecule has 0 fully saturated rings. The van der Waals surface area contributed by atoms with E-state index in [1.807, 2.05) is 36.4 Å². The third-order valence-corrected chi connectivity index (χ3v) is 16.7. The first kappa shape index (κ1) is 41.9. The van der Waals surface area contributed by atoms with Crippen LogP contribution >= 0.6 is 31.0 Å². The number of carboxylic acids is 4. The number of nitrogens with one attached hydrogen (secondary N) is 2. The van der Waals surface area contributed by atoms with E-state index in [0.29, 0.717) is 101 Å². The Kier molecular flexibility index (Phi) is 8.02. The van der Waals surface area contributed by atoms with Crippen LogP contribution in [0.25, 0.3) is 90.6 Å². The minimum absolute atomic E-state index is 0.00683. The third kappa shape index (κ3) is 5.35. The second-order valence-electron chi connectivity index (χ2n) is 18.3. The Morgan fingerprint density at radius 2 is 1.01 bits per heavy atom. The summed E-state index contributed by atoms with van der Waals surface area (Å²) in [4.78, 5) is 69.1. The first-order valence-electron chi connectivity index (χ1n) is 22.5. The molecule has 73 heavy (non-hydrogen) atoms. The zero-order chi connectivity index (χ0) is 49.8. The number of anilines is 2. The predicted octanol–water partition coefficient (Wildman–Crippen LogP) is 11.0. The van der Waals surface area contributed by atoms with Crippen molar-refractivity contribution in [2.24, 2.45) is 0 Å². The first-order chi connectivity index (χ1) is 35.2. The number of phosphoric acid groups is 1. The quantitative estimate of drug-likeness (QED) is 0.0773. The number of aliphatic carboxylic acids is 4. The molecule has 18 bridgehead atoms. The van der Waals surface area contributed by atoms with Crippen molar-refractivity contribution < 1.29 is 57.7 Å². The summed E-state index contributed by atoms with van der Waals surface area (Å²) >= 11 is 14.5. The van der Waals surface area contributed by atoms with Gasteiger partial charge in [-0.15, -0.1) is 0 Å². The van der Waals surface area contributed by atoms with E-state index < -0.39 is 55.9 Å². The van der Waals surface area contributed by atoms with Crippen LogP contribution in [-0.4, -0.2) is 64.2 Å². The van der Waals surface area contributed by atoms with Crippen LogP contribution in [0.5, 0.6) is 11.5 Å². The summed E-state index contributed by atoms with van der Waals surface area (Å²) in [5, 5.41) is 40.6. The average Bonchev–Trinajstić information content (AvgIpc) is 4.23. The highest BCUT2D eigenvalue weighted by Crippen LogP contribution is 2.67. The van der Waals surface area contributed by atoms with E-state index in [-0.39, 0.29) is 49.7 Å². The zero-order valence-electron chi connectivity index (χ0n) is 36.7. The fraction of sp³-hybridized carbons (Fsp3) is 0.0769. The molecule has 0 radical (unpaired) electrons. The molecule has 356 valence electrons. The lowest BCUT2D eigenvalue weighted by Crippen LogP contribution is -2.39. The van der Waals surface area contributed by atoms with E-state index >= 15 is 0 Å². The number of carbonyl (C=O) groups is 4. The van der Waals surface area contributed by atoms with Gasteiger partial charge in [0.25, 0.3) is 0 Å². The number of benzene rings is 4. The SMILES string of the molecule is O=C(O)C1c2c(-c3ccc(-c4c5nc(c(Cl)c6[nH]c7c8c6OP(=O)(OC6=Cc(nc6c7-c6ccc(-c7ccc9c%10c7C(C(=O)O)N9C%10C(=O)O)cc6)c(Cl)c6ccc4[nH]6)O8)C=C5)cc3)ccc3c2C(C(=O)O)N31. The van der Waals surface area contributed by atoms with E-state index in [0.717, 1.165) is 0 Å². The highest BCUT2D eigenvalue weighted by Gasteiger charge is 2.58. The van der Waals surface area contributed by atoms with Gasteiger partial charge in [-0.1, -0.05) is 83.9 Å². The van der Waals surface area contributed by atoms with Gasteiger partial charge in [-0.3, -0.25) is 0 Å². The van der Waals surface area contributed by atoms with E-state index in [9.17, 15) is 44.2 Å². The molecule has 13 heterocycles. The number of carboxylic acid groups (broad SMARTS) is 4. The summed E-state index contributed by atoms with van der Waals surface area (Å²) in [6, 6.07) is 20.9. The molecule has 4 aromatic carbocycles. The Morgan fingerprint density at radius 1 is 0.521 bits per heavy atom. The molecule has 18 nitrogen and oxygen atoms in total. The van der Waals surface area contributed by atoms with Crippen molar-refractivity contribution in [3.05, 3.63) is 140 Å². The second-order valence-corrected chi connectivity index (χ2v) is 20.5. The maximum atomic E-state index is 14.4. The molecule has 0 amide bonds. The molecule has 0 spiro atoms. The lowest BCUT2D eigenvalue weighted by molar-refractivity contribution is -0.142. The number of nitrogens with zero attached hydrogens (tertiary/aromatic N) is 4. The normalized spacial score (nSPS) is 21.0. The number of halogens is 2. The standard InChI is InChI=1S/C52H27Cl2N6O12P/c53-38-26-13-11-24(55-26)32(20-5-1-18(2-6-20)22-9-15-29-36-34(22)43(49(61)62)59(29)45(36)51(65)66)25-12-14-27(56-25)39(54)42-48-47-41(58-42)33(40-31(17-28(38)57-40)70-73(69,71-47)72-48)21-7-3-19(4-8-21)23-10-16-30-37-35(23)44(50(63)64)60(30)46(37)52(67)68/h1-17,43-46,55,58H,(H,61,62)(H,63,64)(H,65,66)(H,67,68). The minimum Gasteiger partial charge on any atom is -0.479 e. The van der Waals surface area contributed by atoms with Crippen LogP contribution in [0.4, 0.5) is 11.4 Å². The van der Waals surface area contributed by atoms with Crippen molar-refractivity contribution in [2.75, 3.05) is 9.80 Å². The van der Waals surface area contributed by atoms with Crippen molar-refractivity contribution in [1.82, 2.24) is 19.9 Å². The maximum absolute atomic E-state index is 14.4. The Hall–Kier alpha value is -8.83. The van der Waals surface area contributed by atoms with Gasteiger partial charge in [0.1, 0.15) is 11.2 Å². The van der Waals surface area contributed by atoms with E-state index in [1.165, 1.54) is 15.9 Å². The van der Waals surface area contributed by atoms with Gasteiger partial charge < -0.3 is 53.8 Å². The molecule has 5 atom stereocenters. The Labute approximate surface area is 418 Å². The molecule has 6 N–H and O–H groups in total. The summed E-state index contributed by atoms with van der Waals surface area (Å²) in [7, 11) is -4.41. The van der Waals surface area contributed by atoms with Crippen molar-refractivity contribution in [3.8, 4) is 56.0 Å². The van der Waals surface area contributed by atoms with Gasteiger partial charge >= 0.3 is 31.7 Å². The van der Waals surface area contributed by atoms with Crippen LogP contribution in [0.3, 0.4) is 0 Å². The average molecular weight is 1030 g/mol. The van der Waals surface area contributed by atoms with Gasteiger partial charge in [-0.05, 0) is 69.8 Å². The largest absolute Gasteiger partial charge is 0.647 e. The van der Waals surface area contributed by atoms with Gasteiger partial charge in [0.05, 0.1) is 38.2 Å². The van der Waals surface area contributed by atoms with Crippen molar-refractivity contribution >= 4 is 112 Å². The molecular formula is C52H27Cl2N6O12P. The summed E-state index contributed by atoms with van der Waals surface area (Å²) in [5.41, 5.74) is 10.6. The van der Waals surface area contributed by atoms with Crippen LogP contribution in [0.15, 0.2) is 84.9 Å². The number of hydrogen-bond acceptors (Lipinski definition) is 12. The molecule has 10 aliphatic heterocycles. The topological polar surface area (TPSA) is 258 Å². The predicted molar refractivity (Wildman–Crippen MR) is 266 cm³/mol. The van der Waals surface area contributed by atoms with E-state index in [4.69, 9.17) is 46.7 Å². The number of H-pyrrole nitrogens is 2. The number of fused-ring (bicyclic) bond motifs is 8. The van der Waals surface area contributed by atoms with Crippen LogP contribution in [-0.2, 0) is 28.3 Å². The van der Waals surface area contributed by atoms with E-state index in [1.54, 1.807) is 60.7 Å². The Bertz CT molecular complexity index is 4210. The highest BCUT2D eigenvalue weighted by molar-refractivity contribution is 7.50. The van der Waals surface area contributed by atoms with Gasteiger partial charge in [-0.25, -0.2) is 29.1 Å². The molecule has 0 saturated carbocycles. The van der Waals surface area contributed by atoms with Crippen LogP contribution in [0.2, 0.25) is 10.0 Å². The van der Waals surface area contributed by atoms with Gasteiger partial charge in [0.15, 0.2) is 29.9 Å². The van der Waals surface area contributed by atoms with Gasteiger partial charge in [0.2, 0.25) is 11.5 Å². The lowest BCUT2D eigenvalue weighted by atomic mass is 9.89. The summed E-state index contributed by atoms with van der Waals surface area (Å²) in [5.74, 6) is -4.47. The highest BCUT2D eigenvalue weighted by atomic mass is 35.5. The number of hydrogen-bond donors (Lipinski definition) is 6. The Morgan fingerprint density at radius 3 is 1.58 bits per heavy atom. The van der Waals surface area contributed by atoms with Crippen molar-refractivity contribution in [1.29, 1.82) is 0 Å². The lowest BCUT2D eigenvalue weighted by Gasteiger charge is -2.35. The molecule has 5 unspecified atom stereocenters. The molecule has 10 aliphatic rings. The molecule has 17 rings (SSSR count). The monoisotopic (exact) mass is 1030 g/mol. The second kappa shape index (κ2) is 14.0. The van der Waals surface area contributed by atoms with Crippen molar-refractivity contribution in [2.45, 2.75) is 24.2 Å². The number of phosphoric ester groups is 1. The number of rotatable bonds is 8. The third-order valence-electron chi connectivity index (χ3n) is 14.7. The molecule has 7 aromatic rings. The number of aromatic amines is 2. The summed E-state index contributed by atoms with van der Waals surface area (Å²) < 4.78 is 32.6. The fourth-order valence-corrected chi connectivity index (χ4v) is 13.5. The van der Waals surface area contributed by atoms with E-state index in [2.05, 4.69) is 9.97 Å². The molecule has 3 aromatic heterocycles. The maximum Gasteiger partial charge on any atom is 0.647 e. The van der Waals surface area contributed by atoms with Crippen LogP contribution in [0.1, 0.15) is 69.2 Å². The van der Waals surface area contributed by atoms with Crippen LogP contribution in [0, 0.1) is 0 Å². The number of aromatic nitrogens is 4. The molecular weight excluding hydrogens is 1000 g/mol. The van der Waals surface area contributed by atoms with Gasteiger partial charge in [0, 0.05) is 56.3 Å². The summed E-state index contributed by atoms with van der Waals surface area (Å²) in [6.07, 6.45) is 5.03. The summed E-state index contributed by atoms with van der Waals surface area (Å²) in [6.45, 7) is 0. The van der Waals surface area contributed by atoms with Crippen molar-refractivity contribution in [3.63, 3.8) is 0 Å². The Balaban J connectivity index is 0.909. The zero-order valence-corrected chi connectivity index (χ0v) is 39.1. The molecule has 21 heteroatoms. The van der Waals surface area contributed by atoms with Crippen LogP contribution < -0.4 is 18.8 Å². The minimum atomic E-state index is -4.41. The molecule has 0 saturated heterocycles.